The second-order valence-electron chi connectivity index (χ2n) is 3.96. The molecule has 0 bridgehead atoms. The predicted octanol–water partition coefficient (Wildman–Crippen LogP) is 0.290. The minimum Gasteiger partial charge on any atom is -0.469 e. The van der Waals surface area contributed by atoms with Crippen LogP contribution in [0.25, 0.3) is 0 Å². The Bertz CT molecular complexity index is 300. The van der Waals surface area contributed by atoms with Crippen molar-refractivity contribution >= 4 is 17.9 Å². The summed E-state index contributed by atoms with van der Waals surface area (Å²) >= 11 is 0. The highest BCUT2D eigenvalue weighted by Gasteiger charge is 2.45. The first-order chi connectivity index (χ1) is 7.99. The van der Waals surface area contributed by atoms with Gasteiger partial charge in [0.15, 0.2) is 0 Å². The van der Waals surface area contributed by atoms with E-state index in [1.54, 1.807) is 0 Å². The Morgan fingerprint density at radius 3 is 1.65 bits per heavy atom. The van der Waals surface area contributed by atoms with Gasteiger partial charge in [0.2, 0.25) is 0 Å². The number of rotatable bonds is 3. The molecule has 0 N–H and O–H groups in total. The van der Waals surface area contributed by atoms with Gasteiger partial charge in [0.25, 0.3) is 0 Å². The topological polar surface area (TPSA) is 78.9 Å². The van der Waals surface area contributed by atoms with Crippen LogP contribution in [0.5, 0.6) is 0 Å². The summed E-state index contributed by atoms with van der Waals surface area (Å²) in [4.78, 5) is 33.8. The molecular weight excluding hydrogens is 228 g/mol. The third kappa shape index (κ3) is 3.18. The average molecular weight is 244 g/mol. The molecule has 1 saturated carbocycles. The van der Waals surface area contributed by atoms with Crippen molar-refractivity contribution in [2.45, 2.75) is 25.9 Å². The minimum absolute atomic E-state index is 0.298. The molecule has 1 aliphatic rings. The van der Waals surface area contributed by atoms with Crippen LogP contribution < -0.4 is 0 Å². The van der Waals surface area contributed by atoms with E-state index in [4.69, 9.17) is 4.74 Å². The summed E-state index contributed by atoms with van der Waals surface area (Å²) in [6, 6.07) is 0. The van der Waals surface area contributed by atoms with Gasteiger partial charge in [0.05, 0.1) is 26.1 Å². The standard InChI is InChI=1S/C11H16O6/c1-6(12)17-7-4-8(10(13)15-2)9(5-7)11(14)16-3/h7-9H,4-5H2,1-3H3/t7?,8-,9+. The number of esters is 3. The van der Waals surface area contributed by atoms with Crippen LogP contribution in [0, 0.1) is 11.8 Å². The van der Waals surface area contributed by atoms with E-state index in [1.807, 2.05) is 0 Å². The zero-order valence-corrected chi connectivity index (χ0v) is 10.1. The third-order valence-electron chi connectivity index (χ3n) is 2.86. The highest BCUT2D eigenvalue weighted by molar-refractivity contribution is 5.83. The van der Waals surface area contributed by atoms with Crippen LogP contribution in [0.15, 0.2) is 0 Å². The smallest absolute Gasteiger partial charge is 0.309 e. The highest BCUT2D eigenvalue weighted by atomic mass is 16.5. The van der Waals surface area contributed by atoms with E-state index in [2.05, 4.69) is 9.47 Å². The normalized spacial score (nSPS) is 27.4. The van der Waals surface area contributed by atoms with Crippen LogP contribution in [-0.2, 0) is 28.6 Å². The van der Waals surface area contributed by atoms with Gasteiger partial charge in [0, 0.05) is 6.92 Å². The van der Waals surface area contributed by atoms with Gasteiger partial charge in [-0.25, -0.2) is 0 Å². The summed E-state index contributed by atoms with van der Waals surface area (Å²) in [7, 11) is 2.52. The zero-order chi connectivity index (χ0) is 13.0. The Kier molecular flexibility index (Phi) is 4.48. The molecule has 1 unspecified atom stereocenters. The molecule has 1 rings (SSSR count). The molecule has 3 atom stereocenters. The summed E-state index contributed by atoms with van der Waals surface area (Å²) in [5.74, 6) is -2.58. The molecule has 6 nitrogen and oxygen atoms in total. The molecule has 0 radical (unpaired) electrons. The molecule has 1 aliphatic carbocycles. The molecule has 0 saturated heterocycles. The highest BCUT2D eigenvalue weighted by Crippen LogP contribution is 2.35. The van der Waals surface area contributed by atoms with Crippen LogP contribution >= 0.6 is 0 Å². The lowest BCUT2D eigenvalue weighted by Gasteiger charge is -2.13. The molecule has 0 aromatic heterocycles. The number of methoxy groups -OCH3 is 2. The molecule has 0 aliphatic heterocycles. The lowest BCUT2D eigenvalue weighted by Crippen LogP contribution is -2.27. The van der Waals surface area contributed by atoms with Gasteiger partial charge in [-0.05, 0) is 12.8 Å². The fraction of sp³-hybridized carbons (Fsp3) is 0.727. The van der Waals surface area contributed by atoms with Crippen molar-refractivity contribution in [1.82, 2.24) is 0 Å². The van der Waals surface area contributed by atoms with Crippen molar-refractivity contribution in [2.75, 3.05) is 14.2 Å². The third-order valence-corrected chi connectivity index (χ3v) is 2.86. The Labute approximate surface area is 99.2 Å². The van der Waals surface area contributed by atoms with E-state index in [-0.39, 0.29) is 0 Å². The lowest BCUT2D eigenvalue weighted by atomic mass is 9.96. The maximum Gasteiger partial charge on any atom is 0.309 e. The van der Waals surface area contributed by atoms with Crippen LogP contribution in [0.4, 0.5) is 0 Å². The fourth-order valence-electron chi connectivity index (χ4n) is 2.15. The zero-order valence-electron chi connectivity index (χ0n) is 10.1. The Hall–Kier alpha value is -1.59. The first kappa shape index (κ1) is 13.5. The number of carbonyl (C=O) groups is 3. The van der Waals surface area contributed by atoms with Crippen LogP contribution in [0.2, 0.25) is 0 Å². The van der Waals surface area contributed by atoms with Gasteiger partial charge >= 0.3 is 17.9 Å². The van der Waals surface area contributed by atoms with Gasteiger partial charge in [-0.15, -0.1) is 0 Å². The monoisotopic (exact) mass is 244 g/mol. The van der Waals surface area contributed by atoms with Crippen molar-refractivity contribution in [3.05, 3.63) is 0 Å². The van der Waals surface area contributed by atoms with E-state index in [9.17, 15) is 14.4 Å². The van der Waals surface area contributed by atoms with Gasteiger partial charge in [0.1, 0.15) is 6.10 Å². The molecule has 0 amide bonds. The van der Waals surface area contributed by atoms with Crippen molar-refractivity contribution in [3.8, 4) is 0 Å². The predicted molar refractivity (Wildman–Crippen MR) is 55.8 cm³/mol. The fourth-order valence-corrected chi connectivity index (χ4v) is 2.15. The van der Waals surface area contributed by atoms with E-state index in [0.717, 1.165) is 0 Å². The van der Waals surface area contributed by atoms with Crippen molar-refractivity contribution in [3.63, 3.8) is 0 Å². The molecular formula is C11H16O6. The summed E-state index contributed by atoms with van der Waals surface area (Å²) in [6.45, 7) is 1.29. The van der Waals surface area contributed by atoms with E-state index < -0.39 is 35.8 Å². The van der Waals surface area contributed by atoms with Crippen LogP contribution in [0.1, 0.15) is 19.8 Å². The van der Waals surface area contributed by atoms with E-state index in [0.29, 0.717) is 12.8 Å². The Morgan fingerprint density at radius 1 is 0.941 bits per heavy atom. The summed E-state index contributed by atoms with van der Waals surface area (Å²) in [5, 5.41) is 0. The Balaban J connectivity index is 2.75. The molecule has 0 spiro atoms. The Morgan fingerprint density at radius 2 is 1.35 bits per heavy atom. The minimum atomic E-state index is -0.600. The molecule has 96 valence electrons. The van der Waals surface area contributed by atoms with Gasteiger partial charge < -0.3 is 14.2 Å². The quantitative estimate of drug-likeness (QED) is 0.524. The molecule has 0 heterocycles. The number of carbonyl (C=O) groups excluding carboxylic acids is 3. The molecule has 1 fully saturated rings. The summed E-state index contributed by atoms with van der Waals surface area (Å²) in [5.41, 5.74) is 0. The van der Waals surface area contributed by atoms with Crippen molar-refractivity contribution in [1.29, 1.82) is 0 Å². The SMILES string of the molecule is COC(=O)[C@H]1CC(OC(C)=O)C[C@H]1C(=O)OC. The van der Waals surface area contributed by atoms with Gasteiger partial charge in [-0.1, -0.05) is 0 Å². The summed E-state index contributed by atoms with van der Waals surface area (Å²) in [6.07, 6.45) is 0.165. The average Bonchev–Trinajstić information content (AvgIpc) is 2.69. The van der Waals surface area contributed by atoms with Crippen LogP contribution in [0.3, 0.4) is 0 Å². The number of hydrogen-bond acceptors (Lipinski definition) is 6. The largest absolute Gasteiger partial charge is 0.469 e. The maximum absolute atomic E-state index is 11.5. The van der Waals surface area contributed by atoms with Crippen LogP contribution in [-0.4, -0.2) is 38.2 Å². The second-order valence-corrected chi connectivity index (χ2v) is 3.96. The van der Waals surface area contributed by atoms with Gasteiger partial charge in [-0.3, -0.25) is 14.4 Å². The molecule has 0 aromatic rings. The first-order valence-electron chi connectivity index (χ1n) is 5.32. The molecule has 17 heavy (non-hydrogen) atoms. The van der Waals surface area contributed by atoms with E-state index >= 15 is 0 Å². The lowest BCUT2D eigenvalue weighted by molar-refractivity contribution is -0.156. The van der Waals surface area contributed by atoms with E-state index in [1.165, 1.54) is 21.1 Å². The maximum atomic E-state index is 11.5. The second kappa shape index (κ2) is 5.65. The van der Waals surface area contributed by atoms with Crippen molar-refractivity contribution < 1.29 is 28.6 Å². The van der Waals surface area contributed by atoms with Gasteiger partial charge in [-0.2, -0.15) is 0 Å². The molecule has 6 heteroatoms. The first-order valence-corrected chi connectivity index (χ1v) is 5.32. The van der Waals surface area contributed by atoms with Crippen molar-refractivity contribution in [2.24, 2.45) is 11.8 Å². The molecule has 0 aromatic carbocycles. The summed E-state index contributed by atoms with van der Waals surface area (Å²) < 4.78 is 14.3. The number of ether oxygens (including phenoxy) is 3. The number of hydrogen-bond donors (Lipinski definition) is 0.